The molecule has 6 nitrogen and oxygen atoms in total. The molecule has 1 amide bonds. The van der Waals surface area contributed by atoms with E-state index in [-0.39, 0.29) is 17.9 Å². The van der Waals surface area contributed by atoms with E-state index < -0.39 is 23.7 Å². The van der Waals surface area contributed by atoms with Crippen LogP contribution in [0, 0.1) is 5.92 Å². The van der Waals surface area contributed by atoms with Crippen molar-refractivity contribution in [3.05, 3.63) is 77.7 Å². The number of amides is 1. The molecule has 2 heterocycles. The van der Waals surface area contributed by atoms with Crippen LogP contribution in [-0.2, 0) is 11.0 Å². The largest absolute Gasteiger partial charge is 0.481 e. The lowest BCUT2D eigenvalue weighted by Crippen LogP contribution is -2.16. The lowest BCUT2D eigenvalue weighted by atomic mass is 9.77. The molecule has 2 aromatic heterocycles. The number of alkyl halides is 3. The van der Waals surface area contributed by atoms with Crippen LogP contribution in [0.15, 0.2) is 60.9 Å². The van der Waals surface area contributed by atoms with Crippen LogP contribution in [0.1, 0.15) is 59.6 Å². The van der Waals surface area contributed by atoms with Crippen molar-refractivity contribution >= 4 is 17.6 Å². The number of benzene rings is 1. The Morgan fingerprint density at radius 3 is 2.17 bits per heavy atom. The van der Waals surface area contributed by atoms with Crippen LogP contribution in [0.2, 0.25) is 0 Å². The first-order valence-electron chi connectivity index (χ1n) is 11.3. The summed E-state index contributed by atoms with van der Waals surface area (Å²) < 4.78 is 37.9. The van der Waals surface area contributed by atoms with Crippen LogP contribution in [0.5, 0.6) is 0 Å². The third-order valence-corrected chi connectivity index (χ3v) is 6.33. The minimum Gasteiger partial charge on any atom is -0.481 e. The average molecular weight is 483 g/mol. The van der Waals surface area contributed by atoms with Crippen LogP contribution >= 0.6 is 0 Å². The predicted octanol–water partition coefficient (Wildman–Crippen LogP) is 6.16. The topological polar surface area (TPSA) is 92.2 Å². The van der Waals surface area contributed by atoms with Crippen molar-refractivity contribution in [2.24, 2.45) is 5.92 Å². The second kappa shape index (κ2) is 10.2. The molecule has 1 aliphatic rings. The molecule has 0 bridgehead atoms. The van der Waals surface area contributed by atoms with Crippen molar-refractivity contribution in [3.63, 3.8) is 0 Å². The monoisotopic (exact) mass is 483 g/mol. The molecule has 0 unspecified atom stereocenters. The van der Waals surface area contributed by atoms with E-state index in [1.54, 1.807) is 12.1 Å². The molecule has 1 aliphatic carbocycles. The highest BCUT2D eigenvalue weighted by Crippen LogP contribution is 2.37. The molecule has 1 fully saturated rings. The first kappa shape index (κ1) is 24.4. The summed E-state index contributed by atoms with van der Waals surface area (Å²) in [5.74, 6) is -0.614. The third kappa shape index (κ3) is 6.23. The number of pyridine rings is 2. The Kier molecular flexibility index (Phi) is 7.14. The number of aromatic nitrogens is 2. The summed E-state index contributed by atoms with van der Waals surface area (Å²) in [6.45, 7) is 0. The lowest BCUT2D eigenvalue weighted by Gasteiger charge is -2.28. The summed E-state index contributed by atoms with van der Waals surface area (Å²) in [7, 11) is 0. The number of hydrogen-bond donors (Lipinski definition) is 2. The molecule has 0 radical (unpaired) electrons. The van der Waals surface area contributed by atoms with Crippen LogP contribution in [0.3, 0.4) is 0 Å². The van der Waals surface area contributed by atoms with Crippen molar-refractivity contribution in [1.82, 2.24) is 9.97 Å². The molecular formula is C26H24F3N3O3. The van der Waals surface area contributed by atoms with E-state index in [4.69, 9.17) is 5.11 Å². The number of nitrogens with zero attached hydrogens (tertiary/aromatic N) is 2. The van der Waals surface area contributed by atoms with Gasteiger partial charge in [-0.1, -0.05) is 24.3 Å². The molecule has 4 rings (SSSR count). The van der Waals surface area contributed by atoms with E-state index in [0.29, 0.717) is 11.6 Å². The van der Waals surface area contributed by atoms with Crippen molar-refractivity contribution in [1.29, 1.82) is 0 Å². The number of carbonyl (C=O) groups excluding carboxylic acids is 1. The fourth-order valence-electron chi connectivity index (χ4n) is 4.41. The van der Waals surface area contributed by atoms with Gasteiger partial charge >= 0.3 is 12.1 Å². The zero-order valence-electron chi connectivity index (χ0n) is 18.8. The van der Waals surface area contributed by atoms with Gasteiger partial charge in [-0.15, -0.1) is 0 Å². The second-order valence-electron chi connectivity index (χ2n) is 8.75. The molecule has 3 aromatic rings. The third-order valence-electron chi connectivity index (χ3n) is 6.33. The SMILES string of the molecule is O=C(O)CC1CCC(c2ccc(-c3ccc(NC(=O)c4ccc(C(F)(F)F)nc4)cn3)cc2)CC1. The Balaban J connectivity index is 1.35. The Hall–Kier alpha value is -3.75. The van der Waals surface area contributed by atoms with Gasteiger partial charge in [-0.2, -0.15) is 13.2 Å². The van der Waals surface area contributed by atoms with Gasteiger partial charge in [0.15, 0.2) is 0 Å². The quantitative estimate of drug-likeness (QED) is 0.438. The van der Waals surface area contributed by atoms with Crippen LogP contribution in [0.25, 0.3) is 11.3 Å². The molecule has 182 valence electrons. The van der Waals surface area contributed by atoms with Crippen molar-refractivity contribution < 1.29 is 27.9 Å². The van der Waals surface area contributed by atoms with Crippen LogP contribution in [0.4, 0.5) is 18.9 Å². The van der Waals surface area contributed by atoms with E-state index in [2.05, 4.69) is 27.4 Å². The zero-order valence-corrected chi connectivity index (χ0v) is 18.8. The molecule has 0 atom stereocenters. The van der Waals surface area contributed by atoms with E-state index in [0.717, 1.165) is 55.3 Å². The molecule has 35 heavy (non-hydrogen) atoms. The van der Waals surface area contributed by atoms with Gasteiger partial charge in [0.05, 0.1) is 23.1 Å². The van der Waals surface area contributed by atoms with Gasteiger partial charge in [-0.3, -0.25) is 19.6 Å². The van der Waals surface area contributed by atoms with Crippen molar-refractivity contribution in [2.45, 2.75) is 44.2 Å². The van der Waals surface area contributed by atoms with Crippen molar-refractivity contribution in [3.8, 4) is 11.3 Å². The Labute approximate surface area is 200 Å². The van der Waals surface area contributed by atoms with Gasteiger partial charge < -0.3 is 10.4 Å². The second-order valence-corrected chi connectivity index (χ2v) is 8.75. The van der Waals surface area contributed by atoms with E-state index in [1.807, 2.05) is 12.1 Å². The summed E-state index contributed by atoms with van der Waals surface area (Å²) in [5, 5.41) is 11.6. The highest BCUT2D eigenvalue weighted by molar-refractivity contribution is 6.04. The summed E-state index contributed by atoms with van der Waals surface area (Å²) in [4.78, 5) is 30.9. The van der Waals surface area contributed by atoms with Gasteiger partial charge in [-0.25, -0.2) is 0 Å². The maximum Gasteiger partial charge on any atom is 0.433 e. The van der Waals surface area contributed by atoms with Crippen LogP contribution in [-0.4, -0.2) is 27.0 Å². The average Bonchev–Trinajstić information content (AvgIpc) is 2.84. The lowest BCUT2D eigenvalue weighted by molar-refractivity contribution is -0.141. The van der Waals surface area contributed by atoms with Gasteiger partial charge in [0.1, 0.15) is 5.69 Å². The molecule has 1 saturated carbocycles. The van der Waals surface area contributed by atoms with E-state index in [1.165, 1.54) is 11.8 Å². The number of nitrogens with one attached hydrogen (secondary N) is 1. The highest BCUT2D eigenvalue weighted by Gasteiger charge is 2.32. The Bertz CT molecular complexity index is 1170. The fraction of sp³-hybridized carbons (Fsp3) is 0.308. The van der Waals surface area contributed by atoms with Gasteiger partial charge in [0.2, 0.25) is 0 Å². The summed E-state index contributed by atoms with van der Waals surface area (Å²) >= 11 is 0. The summed E-state index contributed by atoms with van der Waals surface area (Å²) in [6, 6.07) is 13.4. The molecule has 2 N–H and O–H groups in total. The van der Waals surface area contributed by atoms with Gasteiger partial charge in [0.25, 0.3) is 5.91 Å². The normalized spacial score (nSPS) is 18.1. The molecule has 9 heteroatoms. The minimum absolute atomic E-state index is 0.00894. The zero-order chi connectivity index (χ0) is 25.0. The fourth-order valence-corrected chi connectivity index (χ4v) is 4.41. The number of carboxylic acids is 1. The number of hydrogen-bond acceptors (Lipinski definition) is 4. The van der Waals surface area contributed by atoms with Crippen molar-refractivity contribution in [2.75, 3.05) is 5.32 Å². The van der Waals surface area contributed by atoms with Gasteiger partial charge in [-0.05, 0) is 67.3 Å². The predicted molar refractivity (Wildman–Crippen MR) is 124 cm³/mol. The first-order chi connectivity index (χ1) is 16.7. The molecule has 0 spiro atoms. The maximum absolute atomic E-state index is 12.6. The number of aliphatic carboxylic acids is 1. The minimum atomic E-state index is -4.56. The first-order valence-corrected chi connectivity index (χ1v) is 11.3. The molecule has 0 aliphatic heterocycles. The molecule has 1 aromatic carbocycles. The number of anilines is 1. The molecular weight excluding hydrogens is 459 g/mol. The van der Waals surface area contributed by atoms with E-state index >= 15 is 0 Å². The number of carbonyl (C=O) groups is 2. The van der Waals surface area contributed by atoms with E-state index in [9.17, 15) is 22.8 Å². The highest BCUT2D eigenvalue weighted by atomic mass is 19.4. The Morgan fingerprint density at radius 2 is 1.63 bits per heavy atom. The number of halogens is 3. The number of carboxylic acid groups (broad SMARTS) is 1. The summed E-state index contributed by atoms with van der Waals surface area (Å²) in [5.41, 5.74) is 2.23. The molecule has 0 saturated heterocycles. The maximum atomic E-state index is 12.6. The Morgan fingerprint density at radius 1 is 0.914 bits per heavy atom. The van der Waals surface area contributed by atoms with Gasteiger partial charge in [0, 0.05) is 18.2 Å². The standard InChI is InChI=1S/C26H24F3N3O3/c27-26(28,29)23-12-9-20(14-31-23)25(35)32-21-10-11-22(30-15-21)19-7-5-18(6-8-19)17-3-1-16(2-4-17)13-24(33)34/h5-12,14-17H,1-4,13H2,(H,32,35)(H,33,34). The summed E-state index contributed by atoms with van der Waals surface area (Å²) in [6.07, 6.45) is 1.88. The smallest absolute Gasteiger partial charge is 0.433 e. The van der Waals surface area contributed by atoms with Crippen LogP contribution < -0.4 is 5.32 Å². The number of rotatable bonds is 6.